The summed E-state index contributed by atoms with van der Waals surface area (Å²) < 4.78 is 26.8. The first-order valence-electron chi connectivity index (χ1n) is 7.19. The van der Waals surface area contributed by atoms with Crippen LogP contribution in [0.15, 0.2) is 36.5 Å². The molecule has 0 aliphatic carbocycles. The standard InChI is InChI=1S/C16H17N3O3S/c1-11-5-3-4-6-13(11)10-23(21,22)19-9-14(20)18-15-12(2)7-8-17-16(15)19/h3-8H,9-10H2,1-2H3,(H,18,20). The van der Waals surface area contributed by atoms with Crippen molar-refractivity contribution in [1.82, 2.24) is 4.98 Å². The van der Waals surface area contributed by atoms with E-state index < -0.39 is 10.0 Å². The molecule has 0 bridgehead atoms. The minimum Gasteiger partial charge on any atom is -0.321 e. The van der Waals surface area contributed by atoms with Crippen LogP contribution in [-0.2, 0) is 20.6 Å². The molecule has 1 aromatic heterocycles. The SMILES string of the molecule is Cc1ccccc1CS(=O)(=O)N1CC(=O)Nc2c(C)ccnc21. The van der Waals surface area contributed by atoms with Gasteiger partial charge in [0.15, 0.2) is 5.82 Å². The molecular weight excluding hydrogens is 314 g/mol. The molecule has 0 atom stereocenters. The summed E-state index contributed by atoms with van der Waals surface area (Å²) in [7, 11) is -3.71. The van der Waals surface area contributed by atoms with Gasteiger partial charge in [0.05, 0.1) is 11.4 Å². The summed E-state index contributed by atoms with van der Waals surface area (Å²) in [4.78, 5) is 16.1. The van der Waals surface area contributed by atoms with Crippen molar-refractivity contribution in [3.63, 3.8) is 0 Å². The molecule has 23 heavy (non-hydrogen) atoms. The van der Waals surface area contributed by atoms with Gasteiger partial charge in [-0.2, -0.15) is 0 Å². The van der Waals surface area contributed by atoms with Crippen molar-refractivity contribution in [2.24, 2.45) is 0 Å². The number of carbonyl (C=O) groups excluding carboxylic acids is 1. The maximum absolute atomic E-state index is 12.8. The van der Waals surface area contributed by atoms with Crippen molar-refractivity contribution in [1.29, 1.82) is 0 Å². The predicted molar refractivity (Wildman–Crippen MR) is 88.8 cm³/mol. The highest BCUT2D eigenvalue weighted by Crippen LogP contribution is 2.32. The van der Waals surface area contributed by atoms with Crippen molar-refractivity contribution < 1.29 is 13.2 Å². The van der Waals surface area contributed by atoms with Gasteiger partial charge in [-0.05, 0) is 36.6 Å². The number of pyridine rings is 1. The van der Waals surface area contributed by atoms with Gasteiger partial charge in [-0.25, -0.2) is 17.7 Å². The third-order valence-electron chi connectivity index (χ3n) is 3.86. The maximum atomic E-state index is 12.8. The zero-order valence-electron chi connectivity index (χ0n) is 12.9. The average molecular weight is 331 g/mol. The molecule has 0 saturated heterocycles. The molecule has 0 spiro atoms. The Labute approximate surface area is 135 Å². The average Bonchev–Trinajstić information content (AvgIpc) is 2.50. The normalized spacial score (nSPS) is 14.3. The number of aromatic nitrogens is 1. The molecule has 7 heteroatoms. The lowest BCUT2D eigenvalue weighted by molar-refractivity contribution is -0.115. The fourth-order valence-corrected chi connectivity index (χ4v) is 4.14. The van der Waals surface area contributed by atoms with Crippen LogP contribution in [0.3, 0.4) is 0 Å². The van der Waals surface area contributed by atoms with E-state index >= 15 is 0 Å². The van der Waals surface area contributed by atoms with Crippen molar-refractivity contribution in [3.05, 3.63) is 53.2 Å². The van der Waals surface area contributed by atoms with E-state index in [-0.39, 0.29) is 24.0 Å². The Morgan fingerprint density at radius 1 is 1.17 bits per heavy atom. The second-order valence-corrected chi connectivity index (χ2v) is 7.46. The Morgan fingerprint density at radius 2 is 1.91 bits per heavy atom. The smallest absolute Gasteiger partial charge is 0.245 e. The fourth-order valence-electron chi connectivity index (χ4n) is 2.55. The summed E-state index contributed by atoms with van der Waals surface area (Å²) in [6, 6.07) is 9.04. The van der Waals surface area contributed by atoms with Crippen LogP contribution in [-0.4, -0.2) is 25.9 Å². The first-order chi connectivity index (χ1) is 10.9. The van der Waals surface area contributed by atoms with Crippen LogP contribution in [0.1, 0.15) is 16.7 Å². The van der Waals surface area contributed by atoms with Gasteiger partial charge >= 0.3 is 0 Å². The number of amides is 1. The quantitative estimate of drug-likeness (QED) is 0.933. The third-order valence-corrected chi connectivity index (χ3v) is 5.51. The number of nitrogens with one attached hydrogen (secondary N) is 1. The second kappa shape index (κ2) is 5.66. The summed E-state index contributed by atoms with van der Waals surface area (Å²) in [6.07, 6.45) is 1.54. The van der Waals surface area contributed by atoms with E-state index in [1.165, 1.54) is 0 Å². The number of hydrogen-bond donors (Lipinski definition) is 1. The van der Waals surface area contributed by atoms with Crippen LogP contribution in [0.4, 0.5) is 11.5 Å². The summed E-state index contributed by atoms with van der Waals surface area (Å²) in [5.41, 5.74) is 2.85. The number of sulfonamides is 1. The van der Waals surface area contributed by atoms with Gasteiger partial charge in [-0.3, -0.25) is 4.79 Å². The first kappa shape index (κ1) is 15.5. The van der Waals surface area contributed by atoms with Crippen LogP contribution >= 0.6 is 0 Å². The zero-order chi connectivity index (χ0) is 16.6. The fraction of sp³-hybridized carbons (Fsp3) is 0.250. The monoisotopic (exact) mass is 331 g/mol. The Hall–Kier alpha value is -2.41. The van der Waals surface area contributed by atoms with E-state index in [4.69, 9.17) is 0 Å². The molecule has 2 aromatic rings. The Bertz CT molecular complexity index is 878. The maximum Gasteiger partial charge on any atom is 0.245 e. The minimum absolute atomic E-state index is 0.165. The molecular formula is C16H17N3O3S. The molecule has 120 valence electrons. The van der Waals surface area contributed by atoms with E-state index in [2.05, 4.69) is 10.3 Å². The van der Waals surface area contributed by atoms with Gasteiger partial charge in [-0.1, -0.05) is 24.3 Å². The zero-order valence-corrected chi connectivity index (χ0v) is 13.7. The van der Waals surface area contributed by atoms with Crippen molar-refractivity contribution in [2.45, 2.75) is 19.6 Å². The van der Waals surface area contributed by atoms with Crippen LogP contribution < -0.4 is 9.62 Å². The molecule has 2 heterocycles. The molecule has 1 N–H and O–H groups in total. The van der Waals surface area contributed by atoms with Gasteiger partial charge in [0, 0.05) is 6.20 Å². The molecule has 0 fully saturated rings. The second-order valence-electron chi connectivity index (χ2n) is 5.56. The summed E-state index contributed by atoms with van der Waals surface area (Å²) in [6.45, 7) is 3.42. The molecule has 1 amide bonds. The number of carbonyl (C=O) groups is 1. The molecule has 0 radical (unpaired) electrons. The minimum atomic E-state index is -3.71. The number of fused-ring (bicyclic) bond motifs is 1. The van der Waals surface area contributed by atoms with E-state index in [1.807, 2.05) is 19.1 Å². The lowest BCUT2D eigenvalue weighted by Crippen LogP contribution is -2.43. The predicted octanol–water partition coefficient (Wildman–Crippen LogP) is 1.99. The van der Waals surface area contributed by atoms with E-state index in [0.717, 1.165) is 15.4 Å². The molecule has 0 saturated carbocycles. The summed E-state index contributed by atoms with van der Waals surface area (Å²) >= 11 is 0. The van der Waals surface area contributed by atoms with Crippen molar-refractivity contribution >= 4 is 27.4 Å². The number of aryl methyl sites for hydroxylation is 2. The molecule has 0 unspecified atom stereocenters. The summed E-state index contributed by atoms with van der Waals surface area (Å²) in [5, 5.41) is 2.70. The van der Waals surface area contributed by atoms with Gasteiger partial charge in [-0.15, -0.1) is 0 Å². The lowest BCUT2D eigenvalue weighted by Gasteiger charge is -2.29. The van der Waals surface area contributed by atoms with Gasteiger partial charge in [0.2, 0.25) is 15.9 Å². The number of hydrogen-bond acceptors (Lipinski definition) is 4. The summed E-state index contributed by atoms with van der Waals surface area (Å²) in [5.74, 6) is -0.248. The molecule has 1 aromatic carbocycles. The highest BCUT2D eigenvalue weighted by Gasteiger charge is 2.33. The Kier molecular flexibility index (Phi) is 3.81. The molecule has 6 nitrogen and oxygen atoms in total. The van der Waals surface area contributed by atoms with Crippen LogP contribution in [0.2, 0.25) is 0 Å². The molecule has 3 rings (SSSR count). The van der Waals surface area contributed by atoms with E-state index in [0.29, 0.717) is 11.3 Å². The third kappa shape index (κ3) is 2.92. The van der Waals surface area contributed by atoms with Crippen molar-refractivity contribution in [3.8, 4) is 0 Å². The van der Waals surface area contributed by atoms with E-state index in [1.54, 1.807) is 31.3 Å². The van der Waals surface area contributed by atoms with Crippen LogP contribution in [0, 0.1) is 13.8 Å². The van der Waals surface area contributed by atoms with Crippen LogP contribution in [0.25, 0.3) is 0 Å². The Balaban J connectivity index is 2.03. The number of nitrogens with zero attached hydrogens (tertiary/aromatic N) is 2. The van der Waals surface area contributed by atoms with Crippen molar-refractivity contribution in [2.75, 3.05) is 16.2 Å². The highest BCUT2D eigenvalue weighted by atomic mass is 32.2. The number of benzene rings is 1. The molecule has 1 aliphatic rings. The number of anilines is 2. The van der Waals surface area contributed by atoms with Gasteiger partial charge in [0.25, 0.3) is 0 Å². The lowest BCUT2D eigenvalue weighted by atomic mass is 10.1. The Morgan fingerprint density at radius 3 is 2.65 bits per heavy atom. The highest BCUT2D eigenvalue weighted by molar-refractivity contribution is 7.92. The number of rotatable bonds is 3. The molecule has 1 aliphatic heterocycles. The van der Waals surface area contributed by atoms with Gasteiger partial charge in [0.1, 0.15) is 6.54 Å². The first-order valence-corrected chi connectivity index (χ1v) is 8.80. The topological polar surface area (TPSA) is 79.4 Å². The van der Waals surface area contributed by atoms with Crippen LogP contribution in [0.5, 0.6) is 0 Å². The largest absolute Gasteiger partial charge is 0.321 e. The van der Waals surface area contributed by atoms with E-state index in [9.17, 15) is 13.2 Å². The van der Waals surface area contributed by atoms with Gasteiger partial charge < -0.3 is 5.32 Å².